The summed E-state index contributed by atoms with van der Waals surface area (Å²) in [5.41, 5.74) is 0.400. The molecular weight excluding hydrogens is 382 g/mol. The van der Waals surface area contributed by atoms with Crippen molar-refractivity contribution in [1.29, 1.82) is 0 Å². The van der Waals surface area contributed by atoms with Crippen LogP contribution in [-0.2, 0) is 0 Å². The summed E-state index contributed by atoms with van der Waals surface area (Å²) in [4.78, 5) is 17.6. The first kappa shape index (κ1) is 18.1. The van der Waals surface area contributed by atoms with Gasteiger partial charge in [-0.05, 0) is 31.2 Å². The van der Waals surface area contributed by atoms with Gasteiger partial charge in [0.25, 0.3) is 5.56 Å². The van der Waals surface area contributed by atoms with E-state index < -0.39 is 0 Å². The van der Waals surface area contributed by atoms with E-state index in [0.29, 0.717) is 43.9 Å². The maximum atomic E-state index is 12.7. The molecule has 0 aliphatic rings. The Balaban J connectivity index is 1.81. The van der Waals surface area contributed by atoms with Gasteiger partial charge < -0.3 is 18.6 Å². The first-order valence-electron chi connectivity index (χ1n) is 8.32. The van der Waals surface area contributed by atoms with Crippen LogP contribution in [0, 0.1) is 6.92 Å². The first-order valence-corrected chi connectivity index (χ1v) is 9.14. The molecule has 8 nitrogen and oxygen atoms in total. The van der Waals surface area contributed by atoms with E-state index in [-0.39, 0.29) is 5.56 Å². The number of aromatic nitrogens is 3. The molecule has 0 radical (unpaired) electrons. The molecule has 1 aromatic carbocycles. The van der Waals surface area contributed by atoms with Gasteiger partial charge in [0.15, 0.2) is 17.3 Å². The van der Waals surface area contributed by atoms with Crippen molar-refractivity contribution in [3.8, 4) is 28.6 Å². The zero-order chi connectivity index (χ0) is 19.8. The molecule has 0 aliphatic carbocycles. The fourth-order valence-electron chi connectivity index (χ4n) is 2.83. The number of rotatable bonds is 5. The zero-order valence-electron chi connectivity index (χ0n) is 15.7. The largest absolute Gasteiger partial charge is 0.493 e. The number of fused-ring (bicyclic) bond motifs is 1. The number of methoxy groups -OCH3 is 3. The van der Waals surface area contributed by atoms with E-state index in [4.69, 9.17) is 18.6 Å². The summed E-state index contributed by atoms with van der Waals surface area (Å²) in [7, 11) is 4.61. The third-order valence-electron chi connectivity index (χ3n) is 4.14. The highest BCUT2D eigenvalue weighted by Crippen LogP contribution is 2.40. The van der Waals surface area contributed by atoms with Crippen LogP contribution in [0.3, 0.4) is 0 Å². The van der Waals surface area contributed by atoms with Gasteiger partial charge >= 0.3 is 0 Å². The van der Waals surface area contributed by atoms with Gasteiger partial charge in [0.2, 0.25) is 10.7 Å². The molecule has 3 heterocycles. The quantitative estimate of drug-likeness (QED) is 0.509. The summed E-state index contributed by atoms with van der Waals surface area (Å²) < 4.78 is 23.3. The standard InChI is InChI=1S/C19H17N3O5S/c1-10-5-6-12(27-10)9-15-18(23)22-19(28-15)20-17(21-22)11-7-13(24-2)16(26-4)14(8-11)25-3/h5-9H,1-4H3. The third kappa shape index (κ3) is 2.99. The van der Waals surface area contributed by atoms with Crippen LogP contribution in [0.15, 0.2) is 33.5 Å². The van der Waals surface area contributed by atoms with E-state index in [0.717, 1.165) is 5.76 Å². The number of hydrogen-bond donors (Lipinski definition) is 0. The molecule has 0 aliphatic heterocycles. The number of benzene rings is 1. The normalized spacial score (nSPS) is 11.9. The molecule has 0 spiro atoms. The summed E-state index contributed by atoms with van der Waals surface area (Å²) in [5, 5.41) is 4.36. The predicted molar refractivity (Wildman–Crippen MR) is 104 cm³/mol. The third-order valence-corrected chi connectivity index (χ3v) is 5.10. The van der Waals surface area contributed by atoms with Gasteiger partial charge in [-0.15, -0.1) is 5.10 Å². The van der Waals surface area contributed by atoms with Crippen LogP contribution in [0.4, 0.5) is 0 Å². The topological polar surface area (TPSA) is 88.1 Å². The van der Waals surface area contributed by atoms with Gasteiger partial charge in [-0.2, -0.15) is 9.50 Å². The molecule has 0 saturated heterocycles. The van der Waals surface area contributed by atoms with Gasteiger partial charge in [0.05, 0.1) is 21.3 Å². The summed E-state index contributed by atoms with van der Waals surface area (Å²) >= 11 is 1.25. The molecule has 0 saturated carbocycles. The Labute approximate surface area is 163 Å². The molecule has 4 aromatic rings. The molecule has 4 rings (SSSR count). The average molecular weight is 399 g/mol. The summed E-state index contributed by atoms with van der Waals surface area (Å²) in [6.45, 7) is 1.85. The zero-order valence-corrected chi connectivity index (χ0v) is 16.5. The molecule has 0 N–H and O–H groups in total. The van der Waals surface area contributed by atoms with Gasteiger partial charge in [-0.3, -0.25) is 4.79 Å². The molecule has 28 heavy (non-hydrogen) atoms. The highest BCUT2D eigenvalue weighted by atomic mass is 32.1. The number of furan rings is 1. The molecule has 0 fully saturated rings. The molecule has 9 heteroatoms. The van der Waals surface area contributed by atoms with Crippen LogP contribution in [0.5, 0.6) is 17.2 Å². The second-order valence-corrected chi connectivity index (χ2v) is 6.92. The number of ether oxygens (including phenoxy) is 3. The number of hydrogen-bond acceptors (Lipinski definition) is 8. The molecule has 3 aromatic heterocycles. The fourth-order valence-corrected chi connectivity index (χ4v) is 3.71. The molecule has 0 atom stereocenters. The monoisotopic (exact) mass is 399 g/mol. The van der Waals surface area contributed by atoms with Crippen molar-refractivity contribution >= 4 is 22.4 Å². The van der Waals surface area contributed by atoms with Crippen LogP contribution < -0.4 is 24.3 Å². The Morgan fingerprint density at radius 3 is 2.36 bits per heavy atom. The van der Waals surface area contributed by atoms with Gasteiger partial charge in [0, 0.05) is 11.6 Å². The lowest BCUT2D eigenvalue weighted by Gasteiger charge is -2.12. The van der Waals surface area contributed by atoms with Crippen molar-refractivity contribution in [3.63, 3.8) is 0 Å². The Kier molecular flexibility index (Phi) is 4.52. The van der Waals surface area contributed by atoms with Crippen molar-refractivity contribution in [3.05, 3.63) is 50.7 Å². The number of aryl methyl sites for hydroxylation is 1. The molecule has 0 amide bonds. The second-order valence-electron chi connectivity index (χ2n) is 5.91. The van der Waals surface area contributed by atoms with Gasteiger partial charge in [-0.25, -0.2) is 0 Å². The van der Waals surface area contributed by atoms with Crippen molar-refractivity contribution < 1.29 is 18.6 Å². The molecule has 0 unspecified atom stereocenters. The molecule has 0 bridgehead atoms. The maximum absolute atomic E-state index is 12.7. The van der Waals surface area contributed by atoms with Gasteiger partial charge in [0.1, 0.15) is 16.1 Å². The van der Waals surface area contributed by atoms with Crippen molar-refractivity contribution in [2.75, 3.05) is 21.3 Å². The second kappa shape index (κ2) is 7.01. The average Bonchev–Trinajstić information content (AvgIpc) is 3.38. The van der Waals surface area contributed by atoms with E-state index in [1.54, 1.807) is 18.2 Å². The number of nitrogens with zero attached hydrogens (tertiary/aromatic N) is 3. The highest BCUT2D eigenvalue weighted by Gasteiger charge is 2.18. The Morgan fingerprint density at radius 2 is 1.82 bits per heavy atom. The minimum Gasteiger partial charge on any atom is -0.493 e. The van der Waals surface area contributed by atoms with E-state index in [1.807, 2.05) is 19.1 Å². The SMILES string of the molecule is COc1cc(-c2nc3sc(=Cc4ccc(C)o4)c(=O)n3n2)cc(OC)c1OC. The maximum Gasteiger partial charge on any atom is 0.291 e. The Morgan fingerprint density at radius 1 is 1.11 bits per heavy atom. The summed E-state index contributed by atoms with van der Waals surface area (Å²) in [6, 6.07) is 7.13. The Hall–Kier alpha value is -3.33. The van der Waals surface area contributed by atoms with Crippen LogP contribution in [0.1, 0.15) is 11.5 Å². The van der Waals surface area contributed by atoms with Crippen molar-refractivity contribution in [2.45, 2.75) is 6.92 Å². The lowest BCUT2D eigenvalue weighted by molar-refractivity contribution is 0.324. The molecule has 144 valence electrons. The lowest BCUT2D eigenvalue weighted by atomic mass is 10.1. The minimum atomic E-state index is -0.250. The summed E-state index contributed by atoms with van der Waals surface area (Å²) in [5.74, 6) is 3.24. The lowest BCUT2D eigenvalue weighted by Crippen LogP contribution is -2.23. The van der Waals surface area contributed by atoms with Crippen LogP contribution >= 0.6 is 11.3 Å². The summed E-state index contributed by atoms with van der Waals surface area (Å²) in [6.07, 6.45) is 1.69. The fraction of sp³-hybridized carbons (Fsp3) is 0.211. The van der Waals surface area contributed by atoms with E-state index in [2.05, 4.69) is 10.1 Å². The first-order chi connectivity index (χ1) is 13.5. The number of thiazole rings is 1. The molecular formula is C19H17N3O5S. The Bertz CT molecular complexity index is 1250. The van der Waals surface area contributed by atoms with Gasteiger partial charge in [-0.1, -0.05) is 11.3 Å². The predicted octanol–water partition coefficient (Wildman–Crippen LogP) is 2.29. The van der Waals surface area contributed by atoms with Crippen LogP contribution in [0.2, 0.25) is 0 Å². The van der Waals surface area contributed by atoms with Crippen LogP contribution in [0.25, 0.3) is 22.4 Å². The minimum absolute atomic E-state index is 0.250. The van der Waals surface area contributed by atoms with Crippen molar-refractivity contribution in [2.24, 2.45) is 0 Å². The smallest absolute Gasteiger partial charge is 0.291 e. The van der Waals surface area contributed by atoms with E-state index in [1.165, 1.54) is 37.2 Å². The van der Waals surface area contributed by atoms with E-state index in [9.17, 15) is 4.79 Å². The highest BCUT2D eigenvalue weighted by molar-refractivity contribution is 7.15. The van der Waals surface area contributed by atoms with E-state index >= 15 is 0 Å². The van der Waals surface area contributed by atoms with Crippen LogP contribution in [-0.4, -0.2) is 35.9 Å². The van der Waals surface area contributed by atoms with Crippen molar-refractivity contribution in [1.82, 2.24) is 14.6 Å².